The van der Waals surface area contributed by atoms with E-state index in [-0.39, 0.29) is 24.1 Å². The largest absolute Gasteiger partial charge is 0.467 e. The van der Waals surface area contributed by atoms with Gasteiger partial charge < -0.3 is 19.2 Å². The van der Waals surface area contributed by atoms with Gasteiger partial charge in [-0.15, -0.1) is 10.2 Å². The number of carbonyl (C=O) groups excluding carboxylic acids is 2. The zero-order valence-electron chi connectivity index (χ0n) is 19.2. The number of aromatic nitrogens is 3. The molecule has 0 bridgehead atoms. The van der Waals surface area contributed by atoms with Crippen molar-refractivity contribution < 1.29 is 14.0 Å². The molecule has 0 unspecified atom stereocenters. The average molecular weight is 476 g/mol. The van der Waals surface area contributed by atoms with E-state index in [0.29, 0.717) is 22.2 Å². The molecule has 0 spiro atoms. The first-order valence-corrected chi connectivity index (χ1v) is 11.7. The number of nitrogens with one attached hydrogen (secondary N) is 1. The van der Waals surface area contributed by atoms with Crippen molar-refractivity contribution in [2.45, 2.75) is 18.6 Å². The number of anilines is 1. The van der Waals surface area contributed by atoms with E-state index in [1.165, 1.54) is 16.7 Å². The van der Waals surface area contributed by atoms with Gasteiger partial charge in [0.2, 0.25) is 5.91 Å². The summed E-state index contributed by atoms with van der Waals surface area (Å²) in [5.41, 5.74) is 3.05. The minimum absolute atomic E-state index is 0.151. The quantitative estimate of drug-likeness (QED) is 0.386. The van der Waals surface area contributed by atoms with Crippen molar-refractivity contribution >= 4 is 29.3 Å². The third-order valence-corrected chi connectivity index (χ3v) is 6.33. The fraction of sp³-hybridized carbons (Fsp3) is 0.200. The maximum absolute atomic E-state index is 13.0. The normalized spacial score (nSPS) is 10.8. The van der Waals surface area contributed by atoms with Crippen LogP contribution in [0.2, 0.25) is 0 Å². The Balaban J connectivity index is 1.42. The molecule has 0 aliphatic carbocycles. The van der Waals surface area contributed by atoms with Crippen molar-refractivity contribution in [1.82, 2.24) is 20.1 Å². The predicted molar refractivity (Wildman–Crippen MR) is 132 cm³/mol. The number of hydrogen-bond donors (Lipinski definition) is 1. The number of nitrogens with zero attached hydrogens (tertiary/aromatic N) is 4. The highest BCUT2D eigenvalue weighted by molar-refractivity contribution is 7.99. The molecule has 34 heavy (non-hydrogen) atoms. The Morgan fingerprint density at radius 3 is 2.68 bits per heavy atom. The standard InChI is InChI=1S/C25H25N5O3S/c1-17-8-6-9-18(14-17)23-27-28-25(30(23)3)34-16-22(31)29(2)21-12-5-4-11-20(21)24(32)26-15-19-10-7-13-33-19/h4-14H,15-16H2,1-3H3,(H,26,32). The predicted octanol–water partition coefficient (Wildman–Crippen LogP) is 4.07. The smallest absolute Gasteiger partial charge is 0.253 e. The van der Waals surface area contributed by atoms with Crippen LogP contribution in [0.3, 0.4) is 0 Å². The monoisotopic (exact) mass is 475 g/mol. The molecule has 4 aromatic rings. The lowest BCUT2D eigenvalue weighted by atomic mass is 10.1. The molecule has 0 aliphatic heterocycles. The zero-order valence-corrected chi connectivity index (χ0v) is 20.0. The van der Waals surface area contributed by atoms with Crippen LogP contribution < -0.4 is 10.2 Å². The summed E-state index contributed by atoms with van der Waals surface area (Å²) in [4.78, 5) is 27.2. The summed E-state index contributed by atoms with van der Waals surface area (Å²) in [5.74, 6) is 1.11. The molecule has 0 saturated heterocycles. The van der Waals surface area contributed by atoms with E-state index in [0.717, 1.165) is 17.0 Å². The van der Waals surface area contributed by atoms with Crippen LogP contribution in [0.1, 0.15) is 21.7 Å². The van der Waals surface area contributed by atoms with Crippen LogP contribution in [0.25, 0.3) is 11.4 Å². The van der Waals surface area contributed by atoms with Gasteiger partial charge in [-0.05, 0) is 37.3 Å². The fourth-order valence-corrected chi connectivity index (χ4v) is 4.29. The summed E-state index contributed by atoms with van der Waals surface area (Å²) in [6.45, 7) is 2.29. The molecule has 0 aliphatic rings. The average Bonchev–Trinajstić information content (AvgIpc) is 3.50. The molecule has 4 rings (SSSR count). The van der Waals surface area contributed by atoms with E-state index in [2.05, 4.69) is 15.5 Å². The molecular formula is C25H25N5O3S. The van der Waals surface area contributed by atoms with E-state index in [1.807, 2.05) is 42.8 Å². The highest BCUT2D eigenvalue weighted by atomic mass is 32.2. The maximum atomic E-state index is 13.0. The topological polar surface area (TPSA) is 93.3 Å². The lowest BCUT2D eigenvalue weighted by Crippen LogP contribution is -2.31. The molecule has 2 amide bonds. The summed E-state index contributed by atoms with van der Waals surface area (Å²) in [6.07, 6.45) is 1.56. The van der Waals surface area contributed by atoms with Crippen molar-refractivity contribution in [1.29, 1.82) is 0 Å². The number of benzene rings is 2. The van der Waals surface area contributed by atoms with Crippen molar-refractivity contribution in [2.75, 3.05) is 17.7 Å². The molecule has 174 valence electrons. The van der Waals surface area contributed by atoms with E-state index in [9.17, 15) is 9.59 Å². The van der Waals surface area contributed by atoms with Crippen molar-refractivity contribution in [3.05, 3.63) is 83.8 Å². The minimum atomic E-state index is -0.282. The van der Waals surface area contributed by atoms with Gasteiger partial charge in [-0.3, -0.25) is 9.59 Å². The molecule has 1 N–H and O–H groups in total. The second-order valence-corrected chi connectivity index (χ2v) is 8.70. The van der Waals surface area contributed by atoms with E-state index < -0.39 is 0 Å². The fourth-order valence-electron chi connectivity index (χ4n) is 3.47. The van der Waals surface area contributed by atoms with E-state index >= 15 is 0 Å². The Morgan fingerprint density at radius 2 is 1.91 bits per heavy atom. The molecule has 2 aromatic heterocycles. The van der Waals surface area contributed by atoms with Gasteiger partial charge in [-0.1, -0.05) is 47.7 Å². The highest BCUT2D eigenvalue weighted by Gasteiger charge is 2.20. The minimum Gasteiger partial charge on any atom is -0.467 e. The molecule has 0 radical (unpaired) electrons. The van der Waals surface area contributed by atoms with Crippen LogP contribution in [-0.2, 0) is 18.4 Å². The van der Waals surface area contributed by atoms with Gasteiger partial charge in [0.1, 0.15) is 5.76 Å². The second-order valence-electron chi connectivity index (χ2n) is 7.76. The van der Waals surface area contributed by atoms with Crippen molar-refractivity contribution in [3.8, 4) is 11.4 Å². The Bertz CT molecular complexity index is 1300. The van der Waals surface area contributed by atoms with Crippen LogP contribution in [-0.4, -0.2) is 39.4 Å². The van der Waals surface area contributed by atoms with E-state index in [1.54, 1.807) is 49.7 Å². The molecule has 0 fully saturated rings. The summed E-state index contributed by atoms with van der Waals surface area (Å²) >= 11 is 1.31. The summed E-state index contributed by atoms with van der Waals surface area (Å²) in [6, 6.07) is 18.6. The van der Waals surface area contributed by atoms with Gasteiger partial charge in [0, 0.05) is 19.7 Å². The molecular weight excluding hydrogens is 450 g/mol. The molecule has 0 atom stereocenters. The Hall–Kier alpha value is -3.85. The van der Waals surface area contributed by atoms with Crippen molar-refractivity contribution in [3.63, 3.8) is 0 Å². The first-order valence-electron chi connectivity index (χ1n) is 10.7. The maximum Gasteiger partial charge on any atom is 0.253 e. The first kappa shape index (κ1) is 23.3. The second kappa shape index (κ2) is 10.4. The number of furan rings is 1. The Kier molecular flexibility index (Phi) is 7.12. The van der Waals surface area contributed by atoms with Crippen LogP contribution in [0.5, 0.6) is 0 Å². The Labute approximate surface area is 202 Å². The van der Waals surface area contributed by atoms with Gasteiger partial charge >= 0.3 is 0 Å². The van der Waals surface area contributed by atoms with Gasteiger partial charge in [0.05, 0.1) is 29.8 Å². The van der Waals surface area contributed by atoms with Gasteiger partial charge in [-0.25, -0.2) is 0 Å². The SMILES string of the molecule is Cc1cccc(-c2nnc(SCC(=O)N(C)c3ccccc3C(=O)NCc3ccco3)n2C)c1. The van der Waals surface area contributed by atoms with E-state index in [4.69, 9.17) is 4.42 Å². The van der Waals surface area contributed by atoms with Crippen LogP contribution in [0.15, 0.2) is 76.5 Å². The molecule has 8 nitrogen and oxygen atoms in total. The van der Waals surface area contributed by atoms with Gasteiger partial charge in [-0.2, -0.15) is 0 Å². The highest BCUT2D eigenvalue weighted by Crippen LogP contribution is 2.25. The molecule has 2 aromatic carbocycles. The van der Waals surface area contributed by atoms with Gasteiger partial charge in [0.15, 0.2) is 11.0 Å². The number of amides is 2. The lowest BCUT2D eigenvalue weighted by Gasteiger charge is -2.20. The Morgan fingerprint density at radius 1 is 1.09 bits per heavy atom. The first-order chi connectivity index (χ1) is 16.4. The number of thioether (sulfide) groups is 1. The van der Waals surface area contributed by atoms with Crippen molar-refractivity contribution in [2.24, 2.45) is 7.05 Å². The number of hydrogen-bond acceptors (Lipinski definition) is 6. The number of para-hydroxylation sites is 1. The summed E-state index contributed by atoms with van der Waals surface area (Å²) in [7, 11) is 3.54. The summed E-state index contributed by atoms with van der Waals surface area (Å²) < 4.78 is 7.14. The van der Waals surface area contributed by atoms with Crippen LogP contribution in [0.4, 0.5) is 5.69 Å². The number of aryl methyl sites for hydroxylation is 1. The van der Waals surface area contributed by atoms with Gasteiger partial charge in [0.25, 0.3) is 5.91 Å². The zero-order chi connectivity index (χ0) is 24.1. The lowest BCUT2D eigenvalue weighted by molar-refractivity contribution is -0.115. The van der Waals surface area contributed by atoms with Crippen LogP contribution >= 0.6 is 11.8 Å². The molecule has 0 saturated carbocycles. The summed E-state index contributed by atoms with van der Waals surface area (Å²) in [5, 5.41) is 12.0. The third-order valence-electron chi connectivity index (χ3n) is 5.32. The number of rotatable bonds is 8. The third kappa shape index (κ3) is 5.20. The molecule has 2 heterocycles. The number of carbonyl (C=O) groups is 2. The molecule has 9 heteroatoms. The van der Waals surface area contributed by atoms with Crippen LogP contribution in [0, 0.1) is 6.92 Å².